The van der Waals surface area contributed by atoms with Gasteiger partial charge in [0, 0.05) is 6.20 Å². The van der Waals surface area contributed by atoms with Crippen molar-refractivity contribution >= 4 is 39.7 Å². The van der Waals surface area contributed by atoms with Gasteiger partial charge in [-0.15, -0.1) is 0 Å². The molecule has 0 saturated heterocycles. The van der Waals surface area contributed by atoms with Gasteiger partial charge in [-0.1, -0.05) is 16.8 Å². The Balaban J connectivity index is 2.03. The van der Waals surface area contributed by atoms with Crippen molar-refractivity contribution in [3.63, 3.8) is 0 Å². The van der Waals surface area contributed by atoms with Gasteiger partial charge in [0.05, 0.1) is 28.1 Å². The topological polar surface area (TPSA) is 80.2 Å². The maximum absolute atomic E-state index is 11.6. The highest BCUT2D eigenvalue weighted by molar-refractivity contribution is 9.10. The number of nitrogens with one attached hydrogen (secondary N) is 1. The number of oxime groups is 1. The van der Waals surface area contributed by atoms with Gasteiger partial charge in [-0.2, -0.15) is 5.10 Å². The largest absolute Gasteiger partial charge is 0.368 e. The Hall–Kier alpha value is -1.73. The molecule has 18 heavy (non-hydrogen) atoms. The Kier molecular flexibility index (Phi) is 4.06. The molecule has 0 radical (unpaired) electrons. The van der Waals surface area contributed by atoms with Crippen LogP contribution >= 0.6 is 27.5 Å². The second kappa shape index (κ2) is 5.74. The van der Waals surface area contributed by atoms with E-state index in [1.165, 1.54) is 18.5 Å². The lowest BCUT2D eigenvalue weighted by Crippen LogP contribution is -2.02. The quantitative estimate of drug-likeness (QED) is 0.406. The number of carbonyl (C=O) groups is 1. The number of H-pyrrole nitrogens is 1. The van der Waals surface area contributed by atoms with E-state index in [1.807, 2.05) is 0 Å². The number of aromatic nitrogens is 3. The molecule has 0 aliphatic rings. The number of pyridine rings is 1. The first kappa shape index (κ1) is 12.7. The van der Waals surface area contributed by atoms with Gasteiger partial charge >= 0.3 is 5.97 Å². The zero-order valence-corrected chi connectivity index (χ0v) is 11.1. The van der Waals surface area contributed by atoms with Crippen molar-refractivity contribution in [2.45, 2.75) is 0 Å². The van der Waals surface area contributed by atoms with Gasteiger partial charge < -0.3 is 4.84 Å². The van der Waals surface area contributed by atoms with Crippen molar-refractivity contribution in [3.05, 3.63) is 45.4 Å². The minimum absolute atomic E-state index is 0.0698. The summed E-state index contributed by atoms with van der Waals surface area (Å²) < 4.78 is 0.710. The average molecular weight is 330 g/mol. The van der Waals surface area contributed by atoms with Gasteiger partial charge in [0.25, 0.3) is 0 Å². The van der Waals surface area contributed by atoms with Crippen LogP contribution in [0.2, 0.25) is 5.15 Å². The Morgan fingerprint density at radius 2 is 2.44 bits per heavy atom. The van der Waals surface area contributed by atoms with Gasteiger partial charge in [0.2, 0.25) is 0 Å². The third kappa shape index (κ3) is 2.93. The summed E-state index contributed by atoms with van der Waals surface area (Å²) in [5.41, 5.74) is 0.736. The van der Waals surface area contributed by atoms with Crippen LogP contribution in [0.5, 0.6) is 0 Å². The molecule has 0 saturated carbocycles. The highest BCUT2D eigenvalue weighted by Crippen LogP contribution is 2.13. The third-order valence-corrected chi connectivity index (χ3v) is 2.85. The van der Waals surface area contributed by atoms with Crippen LogP contribution in [-0.4, -0.2) is 27.4 Å². The summed E-state index contributed by atoms with van der Waals surface area (Å²) in [5, 5.41) is 10.0. The maximum atomic E-state index is 11.6. The van der Waals surface area contributed by atoms with Gasteiger partial charge in [0.1, 0.15) is 5.15 Å². The highest BCUT2D eigenvalue weighted by atomic mass is 79.9. The summed E-state index contributed by atoms with van der Waals surface area (Å²) >= 11 is 8.97. The summed E-state index contributed by atoms with van der Waals surface area (Å²) in [5.74, 6) is -0.681. The number of aromatic amines is 1. The normalized spacial score (nSPS) is 10.8. The van der Waals surface area contributed by atoms with Crippen LogP contribution < -0.4 is 0 Å². The molecule has 0 aromatic carbocycles. The average Bonchev–Trinajstić information content (AvgIpc) is 2.75. The maximum Gasteiger partial charge on any atom is 0.368 e. The fourth-order valence-corrected chi connectivity index (χ4v) is 1.58. The minimum atomic E-state index is -0.681. The first-order valence-electron chi connectivity index (χ1n) is 4.72. The molecule has 92 valence electrons. The molecule has 2 rings (SSSR count). The second-order valence-corrected chi connectivity index (χ2v) is 4.30. The second-order valence-electron chi connectivity index (χ2n) is 3.09. The number of rotatable bonds is 3. The van der Waals surface area contributed by atoms with Crippen molar-refractivity contribution in [2.24, 2.45) is 5.16 Å². The number of hydrogen-bond acceptors (Lipinski definition) is 5. The van der Waals surface area contributed by atoms with Crippen molar-refractivity contribution in [1.82, 2.24) is 15.2 Å². The summed E-state index contributed by atoms with van der Waals surface area (Å²) in [7, 11) is 0. The van der Waals surface area contributed by atoms with Crippen LogP contribution in [0.15, 0.2) is 34.2 Å². The lowest BCUT2D eigenvalue weighted by atomic mass is 10.3. The fourth-order valence-electron chi connectivity index (χ4n) is 1.09. The van der Waals surface area contributed by atoms with E-state index in [4.69, 9.17) is 11.6 Å². The number of nitrogens with zero attached hydrogens (tertiary/aromatic N) is 3. The van der Waals surface area contributed by atoms with Crippen molar-refractivity contribution in [1.29, 1.82) is 0 Å². The predicted molar refractivity (Wildman–Crippen MR) is 68.5 cm³/mol. The highest BCUT2D eigenvalue weighted by Gasteiger charge is 2.11. The van der Waals surface area contributed by atoms with Crippen LogP contribution in [0, 0.1) is 0 Å². The van der Waals surface area contributed by atoms with Crippen LogP contribution in [0.1, 0.15) is 16.1 Å². The zero-order chi connectivity index (χ0) is 13.0. The molecule has 2 aromatic heterocycles. The molecule has 2 aromatic rings. The molecule has 0 spiro atoms. The smallest absolute Gasteiger partial charge is 0.313 e. The van der Waals surface area contributed by atoms with Crippen molar-refractivity contribution in [3.8, 4) is 0 Å². The summed E-state index contributed by atoms with van der Waals surface area (Å²) in [4.78, 5) is 20.0. The van der Waals surface area contributed by atoms with E-state index in [0.717, 1.165) is 0 Å². The SMILES string of the molecule is O=C(ON=Cc1[nH]ncc1Br)c1cccnc1Cl. The first-order chi connectivity index (χ1) is 8.68. The molecule has 8 heteroatoms. The van der Waals surface area contributed by atoms with Gasteiger partial charge in [-0.25, -0.2) is 9.78 Å². The zero-order valence-electron chi connectivity index (χ0n) is 8.80. The standard InChI is InChI=1S/C10H6BrClN4O2/c11-7-4-14-16-8(7)5-15-18-10(17)6-2-1-3-13-9(6)12/h1-5H,(H,14,16). The Bertz CT molecular complexity index is 599. The molecule has 2 heterocycles. The van der Waals surface area contributed by atoms with E-state index >= 15 is 0 Å². The van der Waals surface area contributed by atoms with Crippen LogP contribution in [-0.2, 0) is 4.84 Å². The van der Waals surface area contributed by atoms with Crippen LogP contribution in [0.3, 0.4) is 0 Å². The molecule has 0 aliphatic carbocycles. The molecular weight excluding hydrogens is 323 g/mol. The third-order valence-electron chi connectivity index (χ3n) is 1.92. The van der Waals surface area contributed by atoms with Crippen molar-refractivity contribution in [2.75, 3.05) is 0 Å². The minimum Gasteiger partial charge on any atom is -0.313 e. The Labute approximate surface area is 115 Å². The number of halogens is 2. The molecule has 6 nitrogen and oxygen atoms in total. The van der Waals surface area contributed by atoms with E-state index < -0.39 is 5.97 Å². The van der Waals surface area contributed by atoms with Crippen molar-refractivity contribution < 1.29 is 9.63 Å². The van der Waals surface area contributed by atoms with Crippen LogP contribution in [0.25, 0.3) is 0 Å². The predicted octanol–water partition coefficient (Wildman–Crippen LogP) is 2.41. The Morgan fingerprint density at radius 3 is 3.11 bits per heavy atom. The molecule has 0 amide bonds. The van der Waals surface area contributed by atoms with E-state index in [2.05, 4.69) is 41.1 Å². The monoisotopic (exact) mass is 328 g/mol. The molecular formula is C10H6BrClN4O2. The lowest BCUT2D eigenvalue weighted by Gasteiger charge is -1.98. The van der Waals surface area contributed by atoms with E-state index in [9.17, 15) is 4.79 Å². The van der Waals surface area contributed by atoms with E-state index in [-0.39, 0.29) is 10.7 Å². The fraction of sp³-hybridized carbons (Fsp3) is 0. The number of hydrogen-bond donors (Lipinski definition) is 1. The van der Waals surface area contributed by atoms with E-state index in [0.29, 0.717) is 10.2 Å². The Morgan fingerprint density at radius 1 is 1.61 bits per heavy atom. The summed E-state index contributed by atoms with van der Waals surface area (Å²) in [6, 6.07) is 3.08. The summed E-state index contributed by atoms with van der Waals surface area (Å²) in [6.07, 6.45) is 4.35. The van der Waals surface area contributed by atoms with Gasteiger partial charge in [0.15, 0.2) is 0 Å². The van der Waals surface area contributed by atoms with E-state index in [1.54, 1.807) is 12.3 Å². The molecule has 0 atom stereocenters. The van der Waals surface area contributed by atoms with Gasteiger partial charge in [-0.05, 0) is 28.1 Å². The molecule has 0 fully saturated rings. The molecule has 0 bridgehead atoms. The number of carbonyl (C=O) groups excluding carboxylic acids is 1. The van der Waals surface area contributed by atoms with Gasteiger partial charge in [-0.3, -0.25) is 5.10 Å². The van der Waals surface area contributed by atoms with Crippen LogP contribution in [0.4, 0.5) is 0 Å². The molecule has 0 unspecified atom stereocenters. The first-order valence-corrected chi connectivity index (χ1v) is 5.89. The molecule has 1 N–H and O–H groups in total. The molecule has 0 aliphatic heterocycles. The summed E-state index contributed by atoms with van der Waals surface area (Å²) in [6.45, 7) is 0. The lowest BCUT2D eigenvalue weighted by molar-refractivity contribution is 0.0519.